The van der Waals surface area contributed by atoms with Crippen molar-refractivity contribution in [1.82, 2.24) is 0 Å². The van der Waals surface area contributed by atoms with Crippen molar-refractivity contribution in [1.29, 1.82) is 0 Å². The van der Waals surface area contributed by atoms with Crippen LogP contribution in [0.1, 0.15) is 19.8 Å². The summed E-state index contributed by atoms with van der Waals surface area (Å²) >= 11 is 0. The van der Waals surface area contributed by atoms with Gasteiger partial charge in [0.25, 0.3) is 0 Å². The molecule has 0 aromatic carbocycles. The van der Waals surface area contributed by atoms with Crippen molar-refractivity contribution in [3.05, 3.63) is 11.1 Å². The Morgan fingerprint density at radius 1 is 1.15 bits per heavy atom. The molecule has 0 N–H and O–H groups in total. The van der Waals surface area contributed by atoms with Crippen molar-refractivity contribution in [3.63, 3.8) is 0 Å². The second-order valence-electron chi connectivity index (χ2n) is 4.19. The zero-order valence-corrected chi connectivity index (χ0v) is 7.37. The normalized spacial score (nSPS) is 41.5. The molecule has 68 valence electrons. The van der Waals surface area contributed by atoms with Gasteiger partial charge < -0.3 is 4.74 Å². The Hall–Kier alpha value is -1.12. The summed E-state index contributed by atoms with van der Waals surface area (Å²) in [6.45, 7) is 2.06. The van der Waals surface area contributed by atoms with Crippen molar-refractivity contribution in [2.24, 2.45) is 17.8 Å². The molecular formula is C10H10O3. The second-order valence-corrected chi connectivity index (χ2v) is 4.19. The first-order chi connectivity index (χ1) is 6.18. The highest BCUT2D eigenvalue weighted by molar-refractivity contribution is 5.97. The predicted octanol–water partition coefficient (Wildman–Crippen LogP) is 1.04. The van der Waals surface area contributed by atoms with Gasteiger partial charge >= 0.3 is 11.9 Å². The third-order valence-corrected chi connectivity index (χ3v) is 3.44. The van der Waals surface area contributed by atoms with Gasteiger partial charge in [-0.1, -0.05) is 11.1 Å². The largest absolute Gasteiger partial charge is 0.393 e. The molecule has 0 aromatic heterocycles. The van der Waals surface area contributed by atoms with E-state index in [9.17, 15) is 9.59 Å². The standard InChI is InChI=1S/C10H10O3/c1-4-2-7-8(6-3-5(4)6)10(12)13-9(7)11/h6-8H,2-3H2,1H3. The predicted molar refractivity (Wildman–Crippen MR) is 43.5 cm³/mol. The Morgan fingerprint density at radius 2 is 1.92 bits per heavy atom. The van der Waals surface area contributed by atoms with Gasteiger partial charge in [0.2, 0.25) is 0 Å². The van der Waals surface area contributed by atoms with E-state index >= 15 is 0 Å². The molecule has 0 amide bonds. The molecule has 1 heterocycles. The van der Waals surface area contributed by atoms with Gasteiger partial charge in [0.1, 0.15) is 0 Å². The quantitative estimate of drug-likeness (QED) is 0.316. The summed E-state index contributed by atoms with van der Waals surface area (Å²) in [5, 5.41) is 0. The first kappa shape index (κ1) is 7.30. The summed E-state index contributed by atoms with van der Waals surface area (Å²) < 4.78 is 4.65. The Labute approximate surface area is 75.8 Å². The van der Waals surface area contributed by atoms with Gasteiger partial charge in [-0.2, -0.15) is 0 Å². The molecule has 0 spiro atoms. The highest BCUT2D eigenvalue weighted by Crippen LogP contribution is 2.56. The number of allylic oxidation sites excluding steroid dienone is 2. The molecule has 0 aromatic rings. The van der Waals surface area contributed by atoms with Gasteiger partial charge in [0, 0.05) is 0 Å². The van der Waals surface area contributed by atoms with Crippen LogP contribution in [0.15, 0.2) is 11.1 Å². The average molecular weight is 178 g/mol. The maximum absolute atomic E-state index is 11.3. The van der Waals surface area contributed by atoms with Crippen LogP contribution < -0.4 is 0 Å². The number of rotatable bonds is 0. The van der Waals surface area contributed by atoms with E-state index in [1.54, 1.807) is 0 Å². The monoisotopic (exact) mass is 178 g/mol. The molecule has 1 aliphatic heterocycles. The minimum atomic E-state index is -0.305. The van der Waals surface area contributed by atoms with Crippen LogP contribution in [-0.4, -0.2) is 11.9 Å². The van der Waals surface area contributed by atoms with Crippen LogP contribution >= 0.6 is 0 Å². The zero-order chi connectivity index (χ0) is 9.16. The number of esters is 2. The lowest BCUT2D eigenvalue weighted by Crippen LogP contribution is -2.22. The Balaban J connectivity index is 2.03. The van der Waals surface area contributed by atoms with E-state index in [0.717, 1.165) is 12.8 Å². The van der Waals surface area contributed by atoms with E-state index < -0.39 is 0 Å². The molecule has 3 rings (SSSR count). The van der Waals surface area contributed by atoms with Gasteiger partial charge in [-0.05, 0) is 25.7 Å². The van der Waals surface area contributed by atoms with Crippen molar-refractivity contribution in [2.75, 3.05) is 0 Å². The molecule has 2 fully saturated rings. The molecule has 3 nitrogen and oxygen atoms in total. The molecular weight excluding hydrogens is 168 g/mol. The van der Waals surface area contributed by atoms with E-state index in [4.69, 9.17) is 0 Å². The maximum atomic E-state index is 11.3. The number of hydrogen-bond acceptors (Lipinski definition) is 3. The van der Waals surface area contributed by atoms with E-state index in [2.05, 4.69) is 11.7 Å². The first-order valence-electron chi connectivity index (χ1n) is 4.62. The third-order valence-electron chi connectivity index (χ3n) is 3.44. The maximum Gasteiger partial charge on any atom is 0.318 e. The molecule has 2 aliphatic carbocycles. The van der Waals surface area contributed by atoms with Crippen molar-refractivity contribution < 1.29 is 14.3 Å². The number of hydrogen-bond donors (Lipinski definition) is 0. The topological polar surface area (TPSA) is 43.4 Å². The number of carbonyl (C=O) groups excluding carboxylic acids is 2. The lowest BCUT2D eigenvalue weighted by Gasteiger charge is -2.17. The van der Waals surface area contributed by atoms with Crippen LogP contribution in [0.4, 0.5) is 0 Å². The fraction of sp³-hybridized carbons (Fsp3) is 0.600. The van der Waals surface area contributed by atoms with Gasteiger partial charge in [-0.25, -0.2) is 0 Å². The van der Waals surface area contributed by atoms with E-state index in [-0.39, 0.29) is 23.8 Å². The Bertz CT molecular complexity index is 353. The minimum absolute atomic E-state index is 0.133. The average Bonchev–Trinajstić information content (AvgIpc) is 2.78. The Morgan fingerprint density at radius 3 is 2.69 bits per heavy atom. The smallest absolute Gasteiger partial charge is 0.318 e. The van der Waals surface area contributed by atoms with Gasteiger partial charge in [-0.3, -0.25) is 9.59 Å². The van der Waals surface area contributed by atoms with E-state index in [0.29, 0.717) is 5.92 Å². The van der Waals surface area contributed by atoms with Gasteiger partial charge in [-0.15, -0.1) is 0 Å². The highest BCUT2D eigenvalue weighted by Gasteiger charge is 2.57. The van der Waals surface area contributed by atoms with Crippen LogP contribution in [0, 0.1) is 17.8 Å². The lowest BCUT2D eigenvalue weighted by atomic mass is 9.81. The summed E-state index contributed by atoms with van der Waals surface area (Å²) in [5.41, 5.74) is 2.70. The Kier molecular flexibility index (Phi) is 1.14. The number of carbonyl (C=O) groups is 2. The van der Waals surface area contributed by atoms with Gasteiger partial charge in [0.05, 0.1) is 11.8 Å². The molecule has 1 saturated heterocycles. The fourth-order valence-electron chi connectivity index (χ4n) is 2.68. The first-order valence-corrected chi connectivity index (χ1v) is 4.62. The highest BCUT2D eigenvalue weighted by atomic mass is 16.6. The van der Waals surface area contributed by atoms with Crippen LogP contribution in [-0.2, 0) is 14.3 Å². The number of cyclic esters (lactones) is 2. The van der Waals surface area contributed by atoms with Crippen LogP contribution in [0.2, 0.25) is 0 Å². The molecule has 3 atom stereocenters. The molecule has 1 saturated carbocycles. The van der Waals surface area contributed by atoms with Crippen molar-refractivity contribution >= 4 is 11.9 Å². The molecule has 3 unspecified atom stereocenters. The summed E-state index contributed by atoms with van der Waals surface area (Å²) in [6, 6.07) is 0. The molecule has 3 aliphatic rings. The minimum Gasteiger partial charge on any atom is -0.393 e. The fourth-order valence-corrected chi connectivity index (χ4v) is 2.68. The second kappa shape index (κ2) is 2.03. The SMILES string of the molecule is CC1=C2CC2C2C(=O)OC(=O)C2C1. The summed E-state index contributed by atoms with van der Waals surface area (Å²) in [4.78, 5) is 22.6. The summed E-state index contributed by atoms with van der Waals surface area (Å²) in [7, 11) is 0. The van der Waals surface area contributed by atoms with Crippen LogP contribution in [0.3, 0.4) is 0 Å². The summed E-state index contributed by atoms with van der Waals surface area (Å²) in [6.07, 6.45) is 1.75. The molecule has 0 radical (unpaired) electrons. The lowest BCUT2D eigenvalue weighted by molar-refractivity contribution is -0.153. The third kappa shape index (κ3) is 0.794. The number of fused-ring (bicyclic) bond motifs is 3. The van der Waals surface area contributed by atoms with Crippen LogP contribution in [0.25, 0.3) is 0 Å². The molecule has 3 heteroatoms. The van der Waals surface area contributed by atoms with Crippen LogP contribution in [0.5, 0.6) is 0 Å². The van der Waals surface area contributed by atoms with Crippen molar-refractivity contribution in [2.45, 2.75) is 19.8 Å². The van der Waals surface area contributed by atoms with E-state index in [1.165, 1.54) is 11.1 Å². The number of ether oxygens (including phenoxy) is 1. The van der Waals surface area contributed by atoms with Crippen molar-refractivity contribution in [3.8, 4) is 0 Å². The van der Waals surface area contributed by atoms with E-state index in [1.807, 2.05) is 0 Å². The van der Waals surface area contributed by atoms with Gasteiger partial charge in [0.15, 0.2) is 0 Å². The summed E-state index contributed by atoms with van der Waals surface area (Å²) in [5.74, 6) is -0.546. The molecule has 0 bridgehead atoms. The zero-order valence-electron chi connectivity index (χ0n) is 7.37. The molecule has 13 heavy (non-hydrogen) atoms.